The number of carbonyl (C=O) groups is 1. The van der Waals surface area contributed by atoms with Crippen LogP contribution in [0.2, 0.25) is 0 Å². The SMILES string of the molecule is COc1ccc(CN2CCN(C(=O)c3ccc(F)cc3)CC2)c(OC)c1OC. The van der Waals surface area contributed by atoms with Crippen LogP contribution >= 0.6 is 0 Å². The standard InChI is InChI=1S/C21H25FN2O4/c1-26-18-9-6-16(19(27-2)20(18)28-3)14-23-10-12-24(13-11-23)21(25)15-4-7-17(22)8-5-15/h4-9H,10-14H2,1-3H3. The predicted octanol–water partition coefficient (Wildman–Crippen LogP) is 2.81. The Morgan fingerprint density at radius 1 is 0.893 bits per heavy atom. The number of piperazine rings is 1. The van der Waals surface area contributed by atoms with Crippen LogP contribution in [0.25, 0.3) is 0 Å². The van der Waals surface area contributed by atoms with Crippen LogP contribution in [0.1, 0.15) is 15.9 Å². The molecule has 150 valence electrons. The Morgan fingerprint density at radius 3 is 2.11 bits per heavy atom. The zero-order valence-corrected chi connectivity index (χ0v) is 16.4. The molecule has 2 aromatic rings. The van der Waals surface area contributed by atoms with E-state index in [1.165, 1.54) is 24.3 Å². The number of ether oxygens (including phenoxy) is 3. The Morgan fingerprint density at radius 2 is 1.54 bits per heavy atom. The third-order valence-electron chi connectivity index (χ3n) is 4.93. The van der Waals surface area contributed by atoms with E-state index in [0.29, 0.717) is 42.4 Å². The number of halogens is 1. The van der Waals surface area contributed by atoms with Crippen molar-refractivity contribution in [2.45, 2.75) is 6.54 Å². The molecule has 1 heterocycles. The lowest BCUT2D eigenvalue weighted by Crippen LogP contribution is -2.48. The summed E-state index contributed by atoms with van der Waals surface area (Å²) >= 11 is 0. The van der Waals surface area contributed by atoms with Gasteiger partial charge in [-0.25, -0.2) is 4.39 Å². The summed E-state index contributed by atoms with van der Waals surface area (Å²) in [6.45, 7) is 3.40. The fourth-order valence-electron chi connectivity index (χ4n) is 3.41. The van der Waals surface area contributed by atoms with Gasteiger partial charge in [0, 0.05) is 43.9 Å². The molecule has 28 heavy (non-hydrogen) atoms. The first-order chi connectivity index (χ1) is 13.6. The van der Waals surface area contributed by atoms with Crippen molar-refractivity contribution in [3.8, 4) is 17.2 Å². The summed E-state index contributed by atoms with van der Waals surface area (Å²) in [4.78, 5) is 16.6. The highest BCUT2D eigenvalue weighted by atomic mass is 19.1. The highest BCUT2D eigenvalue weighted by Crippen LogP contribution is 2.40. The maximum absolute atomic E-state index is 13.1. The second-order valence-electron chi connectivity index (χ2n) is 6.57. The molecule has 2 aromatic carbocycles. The summed E-state index contributed by atoms with van der Waals surface area (Å²) in [6, 6.07) is 9.51. The van der Waals surface area contributed by atoms with Crippen molar-refractivity contribution in [1.82, 2.24) is 9.80 Å². The van der Waals surface area contributed by atoms with Gasteiger partial charge in [0.05, 0.1) is 21.3 Å². The van der Waals surface area contributed by atoms with E-state index in [1.54, 1.807) is 26.2 Å². The van der Waals surface area contributed by atoms with Gasteiger partial charge in [-0.05, 0) is 30.3 Å². The van der Waals surface area contributed by atoms with E-state index in [0.717, 1.165) is 18.7 Å². The largest absolute Gasteiger partial charge is 0.493 e. The number of nitrogens with zero attached hydrogens (tertiary/aromatic N) is 2. The van der Waals surface area contributed by atoms with Crippen molar-refractivity contribution >= 4 is 5.91 Å². The van der Waals surface area contributed by atoms with Crippen LogP contribution in [0.15, 0.2) is 36.4 Å². The topological polar surface area (TPSA) is 51.2 Å². The second-order valence-corrected chi connectivity index (χ2v) is 6.57. The lowest BCUT2D eigenvalue weighted by molar-refractivity contribution is 0.0627. The lowest BCUT2D eigenvalue weighted by Gasteiger charge is -2.35. The molecule has 1 saturated heterocycles. The van der Waals surface area contributed by atoms with Crippen molar-refractivity contribution < 1.29 is 23.4 Å². The van der Waals surface area contributed by atoms with E-state index in [-0.39, 0.29) is 11.7 Å². The van der Waals surface area contributed by atoms with Crippen molar-refractivity contribution in [1.29, 1.82) is 0 Å². The first-order valence-electron chi connectivity index (χ1n) is 9.12. The first-order valence-corrected chi connectivity index (χ1v) is 9.12. The fourth-order valence-corrected chi connectivity index (χ4v) is 3.41. The Balaban J connectivity index is 1.64. The minimum absolute atomic E-state index is 0.0663. The fraction of sp³-hybridized carbons (Fsp3) is 0.381. The molecule has 3 rings (SSSR count). The van der Waals surface area contributed by atoms with Crippen molar-refractivity contribution in [2.24, 2.45) is 0 Å². The number of hydrogen-bond acceptors (Lipinski definition) is 5. The third kappa shape index (κ3) is 4.20. The highest BCUT2D eigenvalue weighted by Gasteiger charge is 2.24. The van der Waals surface area contributed by atoms with Crippen LogP contribution in [0.5, 0.6) is 17.2 Å². The van der Waals surface area contributed by atoms with E-state index in [2.05, 4.69) is 4.90 Å². The van der Waals surface area contributed by atoms with Crippen LogP contribution in [0, 0.1) is 5.82 Å². The number of amides is 1. The number of carbonyl (C=O) groups excluding carboxylic acids is 1. The zero-order chi connectivity index (χ0) is 20.1. The summed E-state index contributed by atoms with van der Waals surface area (Å²) < 4.78 is 29.4. The zero-order valence-electron chi connectivity index (χ0n) is 16.4. The van der Waals surface area contributed by atoms with Crippen LogP contribution in [0.3, 0.4) is 0 Å². The van der Waals surface area contributed by atoms with E-state index in [4.69, 9.17) is 14.2 Å². The van der Waals surface area contributed by atoms with Gasteiger partial charge in [0.25, 0.3) is 5.91 Å². The molecule has 1 aliphatic heterocycles. The Hall–Kier alpha value is -2.80. The Bertz CT molecular complexity index is 818. The molecule has 6 nitrogen and oxygen atoms in total. The minimum atomic E-state index is -0.342. The van der Waals surface area contributed by atoms with Gasteiger partial charge in [0.1, 0.15) is 5.82 Å². The van der Waals surface area contributed by atoms with Gasteiger partial charge < -0.3 is 19.1 Å². The summed E-state index contributed by atoms with van der Waals surface area (Å²) in [5.74, 6) is 1.45. The van der Waals surface area contributed by atoms with Crippen molar-refractivity contribution in [3.63, 3.8) is 0 Å². The molecular formula is C21H25FN2O4. The molecule has 1 amide bonds. The maximum Gasteiger partial charge on any atom is 0.253 e. The molecule has 0 N–H and O–H groups in total. The monoisotopic (exact) mass is 388 g/mol. The van der Waals surface area contributed by atoms with Gasteiger partial charge >= 0.3 is 0 Å². The number of benzene rings is 2. The second kappa shape index (κ2) is 8.93. The molecular weight excluding hydrogens is 363 g/mol. The van der Waals surface area contributed by atoms with Gasteiger partial charge in [-0.15, -0.1) is 0 Å². The van der Waals surface area contributed by atoms with Gasteiger partial charge in [0.2, 0.25) is 5.75 Å². The molecule has 0 unspecified atom stereocenters. The van der Waals surface area contributed by atoms with Gasteiger partial charge in [-0.2, -0.15) is 0 Å². The van der Waals surface area contributed by atoms with E-state index in [9.17, 15) is 9.18 Å². The van der Waals surface area contributed by atoms with Crippen molar-refractivity contribution in [2.75, 3.05) is 47.5 Å². The molecule has 1 aliphatic rings. The Kier molecular flexibility index (Phi) is 6.36. The molecule has 0 bridgehead atoms. The Labute approximate surface area is 164 Å². The van der Waals surface area contributed by atoms with Crippen LogP contribution in [-0.4, -0.2) is 63.2 Å². The number of hydrogen-bond donors (Lipinski definition) is 0. The van der Waals surface area contributed by atoms with Crippen LogP contribution in [0.4, 0.5) is 4.39 Å². The molecule has 0 saturated carbocycles. The van der Waals surface area contributed by atoms with Crippen LogP contribution in [-0.2, 0) is 6.54 Å². The molecule has 0 spiro atoms. The minimum Gasteiger partial charge on any atom is -0.493 e. The van der Waals surface area contributed by atoms with E-state index in [1.807, 2.05) is 12.1 Å². The van der Waals surface area contributed by atoms with Gasteiger partial charge in [-0.1, -0.05) is 6.07 Å². The molecule has 0 atom stereocenters. The smallest absolute Gasteiger partial charge is 0.253 e. The average molecular weight is 388 g/mol. The third-order valence-corrected chi connectivity index (χ3v) is 4.93. The molecule has 0 radical (unpaired) electrons. The summed E-state index contributed by atoms with van der Waals surface area (Å²) in [7, 11) is 4.79. The van der Waals surface area contributed by atoms with Gasteiger partial charge in [-0.3, -0.25) is 9.69 Å². The number of methoxy groups -OCH3 is 3. The quantitative estimate of drug-likeness (QED) is 0.762. The van der Waals surface area contributed by atoms with E-state index >= 15 is 0 Å². The highest BCUT2D eigenvalue weighted by molar-refractivity contribution is 5.94. The molecule has 7 heteroatoms. The molecule has 0 aromatic heterocycles. The van der Waals surface area contributed by atoms with Gasteiger partial charge in [0.15, 0.2) is 11.5 Å². The normalized spacial score (nSPS) is 14.6. The maximum atomic E-state index is 13.1. The van der Waals surface area contributed by atoms with Crippen LogP contribution < -0.4 is 14.2 Å². The average Bonchev–Trinajstić information content (AvgIpc) is 2.73. The molecule has 0 aliphatic carbocycles. The van der Waals surface area contributed by atoms with E-state index < -0.39 is 0 Å². The summed E-state index contributed by atoms with van der Waals surface area (Å²) in [5, 5.41) is 0. The summed E-state index contributed by atoms with van der Waals surface area (Å²) in [6.07, 6.45) is 0. The lowest BCUT2D eigenvalue weighted by atomic mass is 10.1. The van der Waals surface area contributed by atoms with Crippen molar-refractivity contribution in [3.05, 3.63) is 53.3 Å². The predicted molar refractivity (Wildman–Crippen MR) is 104 cm³/mol. The summed E-state index contributed by atoms with van der Waals surface area (Å²) in [5.41, 5.74) is 1.51. The molecule has 1 fully saturated rings. The number of rotatable bonds is 6. The first kappa shape index (κ1) is 19.9.